The normalized spacial score (nSPS) is 13.7. The molecule has 0 fully saturated rings. The number of amides is 3. The Morgan fingerprint density at radius 3 is 2.36 bits per heavy atom. The van der Waals surface area contributed by atoms with E-state index in [0.717, 1.165) is 28.7 Å². The Bertz CT molecular complexity index is 1650. The molecule has 216 valence electrons. The predicted octanol–water partition coefficient (Wildman–Crippen LogP) is 7.68. The van der Waals surface area contributed by atoms with E-state index in [4.69, 9.17) is 28.3 Å². The van der Waals surface area contributed by atoms with Gasteiger partial charge in [-0.1, -0.05) is 77.0 Å². The summed E-state index contributed by atoms with van der Waals surface area (Å²) >= 11 is 13.7. The van der Waals surface area contributed by atoms with Crippen LogP contribution in [0.5, 0.6) is 0 Å². The number of carbonyl (C=O) groups excluding carboxylic acids is 2. The summed E-state index contributed by atoms with van der Waals surface area (Å²) in [6.45, 7) is 0.0340. The lowest BCUT2D eigenvalue weighted by Crippen LogP contribution is -2.33. The van der Waals surface area contributed by atoms with Crippen molar-refractivity contribution in [2.75, 3.05) is 11.9 Å². The van der Waals surface area contributed by atoms with Gasteiger partial charge in [-0.3, -0.25) is 14.9 Å². The number of rotatable bonds is 9. The molecular weight excluding hydrogens is 595 g/mol. The van der Waals surface area contributed by atoms with Gasteiger partial charge < -0.3 is 15.7 Å². The van der Waals surface area contributed by atoms with Gasteiger partial charge in [0, 0.05) is 17.1 Å². The Morgan fingerprint density at radius 1 is 0.976 bits per heavy atom. The molecule has 8 nitrogen and oxygen atoms in total. The Hall–Kier alpha value is -3.92. The molecule has 11 heteroatoms. The van der Waals surface area contributed by atoms with Gasteiger partial charge in [0.1, 0.15) is 0 Å². The predicted molar refractivity (Wildman–Crippen MR) is 168 cm³/mol. The molecule has 0 aliphatic heterocycles. The van der Waals surface area contributed by atoms with Crippen molar-refractivity contribution < 1.29 is 19.5 Å². The second kappa shape index (κ2) is 13.4. The molecule has 1 aromatic heterocycles. The van der Waals surface area contributed by atoms with Crippen molar-refractivity contribution in [1.29, 1.82) is 0 Å². The van der Waals surface area contributed by atoms with Crippen LogP contribution in [0.2, 0.25) is 10.0 Å². The van der Waals surface area contributed by atoms with Crippen LogP contribution < -0.4 is 16.0 Å². The van der Waals surface area contributed by atoms with Crippen molar-refractivity contribution in [3.05, 3.63) is 99.0 Å². The number of nitrogens with one attached hydrogen (secondary N) is 3. The van der Waals surface area contributed by atoms with Crippen LogP contribution in [-0.2, 0) is 4.79 Å². The summed E-state index contributed by atoms with van der Waals surface area (Å²) in [5.41, 5.74) is 5.10. The number of aromatic nitrogens is 1. The fraction of sp³-hybridized carbons (Fsp3) is 0.226. The first kappa shape index (κ1) is 29.6. The van der Waals surface area contributed by atoms with Gasteiger partial charge in [0.2, 0.25) is 0 Å². The van der Waals surface area contributed by atoms with Crippen molar-refractivity contribution in [1.82, 2.24) is 15.6 Å². The van der Waals surface area contributed by atoms with E-state index in [2.05, 4.69) is 39.1 Å². The first-order valence-electron chi connectivity index (χ1n) is 13.5. The van der Waals surface area contributed by atoms with Crippen LogP contribution in [0.4, 0.5) is 9.93 Å². The fourth-order valence-electron chi connectivity index (χ4n) is 4.84. The number of thiazole rings is 1. The summed E-state index contributed by atoms with van der Waals surface area (Å²) in [4.78, 5) is 40.9. The zero-order valence-corrected chi connectivity index (χ0v) is 24.8. The van der Waals surface area contributed by atoms with E-state index in [1.165, 1.54) is 35.3 Å². The molecule has 0 saturated heterocycles. The lowest BCUT2D eigenvalue weighted by atomic mass is 9.91. The molecular formula is C31H28Cl2N4O4S. The van der Waals surface area contributed by atoms with E-state index in [-0.39, 0.29) is 18.9 Å². The maximum absolute atomic E-state index is 13.2. The van der Waals surface area contributed by atoms with E-state index in [0.29, 0.717) is 26.3 Å². The molecule has 1 aliphatic carbocycles. The number of nitrogens with zero attached hydrogens (tertiary/aromatic N) is 1. The monoisotopic (exact) mass is 622 g/mol. The lowest BCUT2D eigenvalue weighted by molar-refractivity contribution is -0.136. The number of hydrogen-bond donors (Lipinski definition) is 4. The van der Waals surface area contributed by atoms with Crippen molar-refractivity contribution in [2.24, 2.45) is 0 Å². The highest BCUT2D eigenvalue weighted by Crippen LogP contribution is 2.35. The number of carboxylic acid groups (broad SMARTS) is 1. The van der Waals surface area contributed by atoms with Crippen LogP contribution in [-0.4, -0.2) is 34.5 Å². The minimum atomic E-state index is -0.985. The molecule has 1 atom stereocenters. The first-order chi connectivity index (χ1) is 20.3. The molecule has 1 unspecified atom stereocenters. The number of allylic oxidation sites excluding steroid dienone is 2. The van der Waals surface area contributed by atoms with Gasteiger partial charge >= 0.3 is 12.0 Å². The molecule has 4 N–H and O–H groups in total. The van der Waals surface area contributed by atoms with Crippen molar-refractivity contribution in [3.8, 4) is 0 Å². The second-order valence-electron chi connectivity index (χ2n) is 9.91. The molecule has 3 amide bonds. The van der Waals surface area contributed by atoms with Gasteiger partial charge in [0.25, 0.3) is 5.91 Å². The minimum absolute atomic E-state index is 0.0340. The Morgan fingerprint density at radius 2 is 1.69 bits per heavy atom. The Balaban J connectivity index is 1.37. The molecule has 0 spiro atoms. The smallest absolute Gasteiger partial charge is 0.321 e. The zero-order chi connectivity index (χ0) is 29.6. The average molecular weight is 624 g/mol. The van der Waals surface area contributed by atoms with Gasteiger partial charge in [-0.25, -0.2) is 9.78 Å². The Labute approximate surface area is 256 Å². The van der Waals surface area contributed by atoms with Crippen molar-refractivity contribution in [2.45, 2.75) is 38.1 Å². The molecule has 0 saturated carbocycles. The van der Waals surface area contributed by atoms with E-state index in [9.17, 15) is 14.4 Å². The standard InChI is InChI=1S/C31H28Cl2N4O4S/c32-23-16-24(33)28-25(17-23)35-31(42-28)37-30(41)36-27(20-8-6-19(7-9-20)18-4-2-1-3-5-18)21-10-12-22(13-11-21)29(40)34-15-14-26(38)39/h4,6-13,16-17,27H,1-3,5,14-15H2,(H,34,40)(H,38,39)(H2,35,36,37,41). The summed E-state index contributed by atoms with van der Waals surface area (Å²) in [6, 6.07) is 17.3. The summed E-state index contributed by atoms with van der Waals surface area (Å²) < 4.78 is 0.720. The van der Waals surface area contributed by atoms with Crippen LogP contribution >= 0.6 is 34.5 Å². The number of carboxylic acids is 1. The highest BCUT2D eigenvalue weighted by Gasteiger charge is 2.20. The number of benzene rings is 3. The van der Waals surface area contributed by atoms with Gasteiger partial charge in [-0.2, -0.15) is 0 Å². The summed E-state index contributed by atoms with van der Waals surface area (Å²) in [7, 11) is 0. The summed E-state index contributed by atoms with van der Waals surface area (Å²) in [5.74, 6) is -1.36. The highest BCUT2D eigenvalue weighted by atomic mass is 35.5. The minimum Gasteiger partial charge on any atom is -0.481 e. The molecule has 0 bridgehead atoms. The van der Waals surface area contributed by atoms with E-state index in [1.54, 1.807) is 36.4 Å². The topological polar surface area (TPSA) is 120 Å². The van der Waals surface area contributed by atoms with Gasteiger partial charge in [0.15, 0.2) is 5.13 Å². The maximum Gasteiger partial charge on any atom is 0.321 e. The van der Waals surface area contributed by atoms with Crippen LogP contribution in [0.15, 0.2) is 66.7 Å². The number of urea groups is 1. The van der Waals surface area contributed by atoms with Crippen LogP contribution in [0.1, 0.15) is 65.2 Å². The molecule has 1 heterocycles. The van der Waals surface area contributed by atoms with Gasteiger partial charge in [0.05, 0.1) is 27.7 Å². The molecule has 3 aromatic carbocycles. The fourth-order valence-corrected chi connectivity index (χ4v) is 6.28. The molecule has 0 radical (unpaired) electrons. The average Bonchev–Trinajstić information content (AvgIpc) is 3.39. The molecule has 42 heavy (non-hydrogen) atoms. The number of anilines is 1. The lowest BCUT2D eigenvalue weighted by Gasteiger charge is -2.21. The summed E-state index contributed by atoms with van der Waals surface area (Å²) in [5, 5.41) is 18.5. The Kier molecular flexibility index (Phi) is 9.41. The third-order valence-electron chi connectivity index (χ3n) is 6.94. The quantitative estimate of drug-likeness (QED) is 0.153. The van der Waals surface area contributed by atoms with E-state index >= 15 is 0 Å². The largest absolute Gasteiger partial charge is 0.481 e. The summed E-state index contributed by atoms with van der Waals surface area (Å²) in [6.07, 6.45) is 6.66. The third kappa shape index (κ3) is 7.28. The number of aliphatic carboxylic acids is 1. The van der Waals surface area contributed by atoms with Crippen LogP contribution in [0.3, 0.4) is 0 Å². The van der Waals surface area contributed by atoms with Crippen LogP contribution in [0, 0.1) is 0 Å². The number of fused-ring (bicyclic) bond motifs is 1. The maximum atomic E-state index is 13.2. The van der Waals surface area contributed by atoms with E-state index < -0.39 is 18.0 Å². The number of hydrogen-bond acceptors (Lipinski definition) is 5. The first-order valence-corrected chi connectivity index (χ1v) is 15.1. The SMILES string of the molecule is O=C(O)CCNC(=O)c1ccc(C(NC(=O)Nc2nc3cc(Cl)cc(Cl)c3s2)c2ccc(C3=CCCCC3)cc2)cc1. The highest BCUT2D eigenvalue weighted by molar-refractivity contribution is 7.23. The van der Waals surface area contributed by atoms with Gasteiger partial charge in [-0.15, -0.1) is 0 Å². The zero-order valence-electron chi connectivity index (χ0n) is 22.5. The van der Waals surface area contributed by atoms with Crippen LogP contribution in [0.25, 0.3) is 15.8 Å². The third-order valence-corrected chi connectivity index (χ3v) is 8.59. The van der Waals surface area contributed by atoms with Crippen molar-refractivity contribution in [3.63, 3.8) is 0 Å². The van der Waals surface area contributed by atoms with Crippen molar-refractivity contribution >= 4 is 73.4 Å². The number of halogens is 2. The van der Waals surface area contributed by atoms with E-state index in [1.807, 2.05) is 12.1 Å². The molecule has 1 aliphatic rings. The second-order valence-corrected chi connectivity index (χ2v) is 11.7. The molecule has 4 aromatic rings. The molecule has 5 rings (SSSR count). The van der Waals surface area contributed by atoms with Gasteiger partial charge in [-0.05, 0) is 72.2 Å². The number of carbonyl (C=O) groups is 3.